The maximum atomic E-state index is 11.3. The Bertz CT molecular complexity index is 844. The summed E-state index contributed by atoms with van der Waals surface area (Å²) < 4.78 is 11.0. The number of hydrogen-bond acceptors (Lipinski definition) is 6. The third-order valence-electron chi connectivity index (χ3n) is 3.27. The van der Waals surface area contributed by atoms with E-state index in [4.69, 9.17) is 8.94 Å². The van der Waals surface area contributed by atoms with Gasteiger partial charge in [0.25, 0.3) is 5.89 Å². The van der Waals surface area contributed by atoms with E-state index in [0.29, 0.717) is 11.7 Å². The number of hydrogen-bond donors (Lipinski definition) is 1. The van der Waals surface area contributed by atoms with Crippen LogP contribution in [0.3, 0.4) is 0 Å². The fourth-order valence-corrected chi connectivity index (χ4v) is 3.12. The van der Waals surface area contributed by atoms with Crippen molar-refractivity contribution in [2.75, 3.05) is 0 Å². The van der Waals surface area contributed by atoms with Crippen LogP contribution < -0.4 is 5.32 Å². The Hall–Kier alpha value is -2.41. The van der Waals surface area contributed by atoms with Crippen LogP contribution in [-0.2, 0) is 10.3 Å². The molecule has 0 aromatic carbocycles. The topological polar surface area (TPSA) is 81.2 Å². The maximum absolute atomic E-state index is 11.3. The zero-order valence-electron chi connectivity index (χ0n) is 13.3. The van der Waals surface area contributed by atoms with Gasteiger partial charge in [-0.05, 0) is 45.0 Å². The van der Waals surface area contributed by atoms with E-state index in [1.165, 1.54) is 18.3 Å². The van der Waals surface area contributed by atoms with Gasteiger partial charge in [-0.2, -0.15) is 4.98 Å². The zero-order valence-corrected chi connectivity index (χ0v) is 14.2. The summed E-state index contributed by atoms with van der Waals surface area (Å²) in [4.78, 5) is 17.5. The molecular formula is C16H17N3O3S. The van der Waals surface area contributed by atoms with Gasteiger partial charge in [-0.1, -0.05) is 5.16 Å². The molecule has 0 aliphatic rings. The van der Waals surface area contributed by atoms with E-state index in [-0.39, 0.29) is 5.91 Å². The van der Waals surface area contributed by atoms with Gasteiger partial charge in [0.1, 0.15) is 11.5 Å². The molecule has 0 saturated heterocycles. The highest BCUT2D eigenvalue weighted by molar-refractivity contribution is 7.18. The molecule has 0 unspecified atom stereocenters. The molecule has 0 fully saturated rings. The SMILES string of the molecule is CC(=O)NC(C)(C)c1noc(-c2ccc(-c3ccc(C)o3)s2)n1. The molecule has 120 valence electrons. The summed E-state index contributed by atoms with van der Waals surface area (Å²) in [5, 5.41) is 6.78. The van der Waals surface area contributed by atoms with Crippen LogP contribution in [0.1, 0.15) is 32.4 Å². The van der Waals surface area contributed by atoms with Crippen LogP contribution >= 0.6 is 11.3 Å². The Morgan fingerprint density at radius 3 is 2.61 bits per heavy atom. The molecule has 1 amide bonds. The molecule has 3 aromatic heterocycles. The summed E-state index contributed by atoms with van der Waals surface area (Å²) in [5.74, 6) is 2.40. The molecule has 0 saturated carbocycles. The number of carbonyl (C=O) groups excluding carboxylic acids is 1. The molecule has 3 rings (SSSR count). The minimum Gasteiger partial charge on any atom is -0.461 e. The molecule has 0 radical (unpaired) electrons. The van der Waals surface area contributed by atoms with E-state index in [1.54, 1.807) is 0 Å². The summed E-state index contributed by atoms with van der Waals surface area (Å²) in [6.45, 7) is 7.02. The lowest BCUT2D eigenvalue weighted by Gasteiger charge is -2.20. The average molecular weight is 331 g/mol. The number of furan rings is 1. The van der Waals surface area contributed by atoms with E-state index >= 15 is 0 Å². The van der Waals surface area contributed by atoms with E-state index in [1.807, 2.05) is 45.0 Å². The summed E-state index contributed by atoms with van der Waals surface area (Å²) in [6, 6.07) is 7.74. The normalized spacial score (nSPS) is 11.7. The Morgan fingerprint density at radius 1 is 1.22 bits per heavy atom. The predicted molar refractivity (Wildman–Crippen MR) is 86.9 cm³/mol. The quantitative estimate of drug-likeness (QED) is 0.787. The number of nitrogens with zero attached hydrogens (tertiary/aromatic N) is 2. The molecule has 23 heavy (non-hydrogen) atoms. The first-order chi connectivity index (χ1) is 10.8. The van der Waals surface area contributed by atoms with Crippen LogP contribution in [0.15, 0.2) is 33.2 Å². The summed E-state index contributed by atoms with van der Waals surface area (Å²) in [7, 11) is 0. The molecule has 0 spiro atoms. The standard InChI is InChI=1S/C16H17N3O3S/c1-9-5-6-11(21-9)12-7-8-13(23-12)14-17-15(19-22-14)16(3,4)18-10(2)20/h5-8H,1-4H3,(H,18,20). The number of aromatic nitrogens is 2. The number of aryl methyl sites for hydroxylation is 1. The van der Waals surface area contributed by atoms with Crippen LogP contribution in [0.4, 0.5) is 0 Å². The molecule has 3 heterocycles. The molecule has 3 aromatic rings. The van der Waals surface area contributed by atoms with Crippen LogP contribution in [0, 0.1) is 6.92 Å². The summed E-state index contributed by atoms with van der Waals surface area (Å²) >= 11 is 1.51. The fourth-order valence-electron chi connectivity index (χ4n) is 2.23. The van der Waals surface area contributed by atoms with E-state index in [9.17, 15) is 4.79 Å². The molecule has 1 N–H and O–H groups in total. The number of carbonyl (C=O) groups is 1. The molecule has 0 aliphatic carbocycles. The van der Waals surface area contributed by atoms with E-state index < -0.39 is 5.54 Å². The Labute approximate surface area is 137 Å². The number of thiophene rings is 1. The van der Waals surface area contributed by atoms with Gasteiger partial charge in [0.2, 0.25) is 5.91 Å². The first-order valence-electron chi connectivity index (χ1n) is 7.15. The Morgan fingerprint density at radius 2 is 1.96 bits per heavy atom. The van der Waals surface area contributed by atoms with Crippen molar-refractivity contribution in [1.82, 2.24) is 15.5 Å². The van der Waals surface area contributed by atoms with Gasteiger partial charge in [0, 0.05) is 6.92 Å². The molecule has 6 nitrogen and oxygen atoms in total. The molecule has 0 bridgehead atoms. The number of rotatable bonds is 4. The lowest BCUT2D eigenvalue weighted by molar-refractivity contribution is -0.120. The van der Waals surface area contributed by atoms with Crippen LogP contribution in [0.2, 0.25) is 0 Å². The van der Waals surface area contributed by atoms with Crippen molar-refractivity contribution in [3.05, 3.63) is 35.9 Å². The average Bonchev–Trinajstić information content (AvgIpc) is 3.16. The summed E-state index contributed by atoms with van der Waals surface area (Å²) in [6.07, 6.45) is 0. The second-order valence-electron chi connectivity index (χ2n) is 5.80. The van der Waals surface area contributed by atoms with E-state index in [0.717, 1.165) is 21.3 Å². The van der Waals surface area contributed by atoms with Crippen molar-refractivity contribution in [2.24, 2.45) is 0 Å². The van der Waals surface area contributed by atoms with Gasteiger partial charge in [-0.25, -0.2) is 0 Å². The molecular weight excluding hydrogens is 314 g/mol. The highest BCUT2D eigenvalue weighted by Crippen LogP contribution is 2.35. The number of amides is 1. The minimum absolute atomic E-state index is 0.145. The third-order valence-corrected chi connectivity index (χ3v) is 4.36. The van der Waals surface area contributed by atoms with Gasteiger partial charge < -0.3 is 14.3 Å². The van der Waals surface area contributed by atoms with Crippen LogP contribution in [-0.4, -0.2) is 16.0 Å². The monoisotopic (exact) mass is 331 g/mol. The predicted octanol–water partition coefficient (Wildman–Crippen LogP) is 3.74. The van der Waals surface area contributed by atoms with Crippen LogP contribution in [0.25, 0.3) is 21.4 Å². The van der Waals surface area contributed by atoms with Gasteiger partial charge in [0.05, 0.1) is 15.3 Å². The molecule has 7 heteroatoms. The van der Waals surface area contributed by atoms with Crippen molar-refractivity contribution in [2.45, 2.75) is 33.2 Å². The number of nitrogens with one attached hydrogen (secondary N) is 1. The van der Waals surface area contributed by atoms with E-state index in [2.05, 4.69) is 15.5 Å². The van der Waals surface area contributed by atoms with Gasteiger partial charge in [-0.3, -0.25) is 4.79 Å². The van der Waals surface area contributed by atoms with Gasteiger partial charge in [-0.15, -0.1) is 11.3 Å². The lowest BCUT2D eigenvalue weighted by Crippen LogP contribution is -2.40. The van der Waals surface area contributed by atoms with Crippen LogP contribution in [0.5, 0.6) is 0 Å². The van der Waals surface area contributed by atoms with Gasteiger partial charge in [0.15, 0.2) is 5.82 Å². The molecule has 0 atom stereocenters. The minimum atomic E-state index is -0.689. The first kappa shape index (κ1) is 15.5. The second kappa shape index (κ2) is 5.66. The Kier molecular flexibility index (Phi) is 3.81. The van der Waals surface area contributed by atoms with Crippen molar-refractivity contribution < 1.29 is 13.7 Å². The first-order valence-corrected chi connectivity index (χ1v) is 7.97. The largest absolute Gasteiger partial charge is 0.461 e. The smallest absolute Gasteiger partial charge is 0.268 e. The lowest BCUT2D eigenvalue weighted by atomic mass is 10.1. The van der Waals surface area contributed by atoms with Crippen molar-refractivity contribution in [3.63, 3.8) is 0 Å². The summed E-state index contributed by atoms with van der Waals surface area (Å²) in [5.41, 5.74) is -0.689. The van der Waals surface area contributed by atoms with Crippen molar-refractivity contribution in [1.29, 1.82) is 0 Å². The third kappa shape index (κ3) is 3.19. The maximum Gasteiger partial charge on any atom is 0.268 e. The highest BCUT2D eigenvalue weighted by Gasteiger charge is 2.28. The van der Waals surface area contributed by atoms with Gasteiger partial charge >= 0.3 is 0 Å². The second-order valence-corrected chi connectivity index (χ2v) is 6.89. The highest BCUT2D eigenvalue weighted by atomic mass is 32.1. The molecule has 0 aliphatic heterocycles. The van der Waals surface area contributed by atoms with Crippen molar-refractivity contribution in [3.8, 4) is 21.4 Å². The zero-order chi connectivity index (χ0) is 16.6. The Balaban J connectivity index is 1.86. The van der Waals surface area contributed by atoms with Crippen molar-refractivity contribution >= 4 is 17.2 Å². The fraction of sp³-hybridized carbons (Fsp3) is 0.312.